The molecule has 0 bridgehead atoms. The van der Waals surface area contributed by atoms with Crippen LogP contribution in [-0.4, -0.2) is 16.5 Å². The maximum absolute atomic E-state index is 6.08. The van der Waals surface area contributed by atoms with E-state index in [-0.39, 0.29) is 0 Å². The van der Waals surface area contributed by atoms with E-state index in [4.69, 9.17) is 23.2 Å². The zero-order valence-corrected chi connectivity index (χ0v) is 14.2. The van der Waals surface area contributed by atoms with E-state index in [2.05, 4.69) is 36.1 Å². The van der Waals surface area contributed by atoms with E-state index < -0.39 is 0 Å². The normalized spacial score (nSPS) is 11.0. The van der Waals surface area contributed by atoms with Crippen molar-refractivity contribution in [1.82, 2.24) is 9.97 Å². The maximum Gasteiger partial charge on any atom is 0.161 e. The Morgan fingerprint density at radius 1 is 1.14 bits per heavy atom. The van der Waals surface area contributed by atoms with Gasteiger partial charge in [0, 0.05) is 23.4 Å². The zero-order valence-electron chi connectivity index (χ0n) is 12.7. The number of aromatic nitrogens is 2. The second-order valence-corrected chi connectivity index (χ2v) is 6.02. The molecule has 112 valence electrons. The number of hydrogen-bond donors (Lipinski definition) is 1. The van der Waals surface area contributed by atoms with Gasteiger partial charge in [0.1, 0.15) is 5.82 Å². The average molecular weight is 324 g/mol. The number of nitrogens with zero attached hydrogens (tertiary/aromatic N) is 2. The molecule has 1 N–H and O–H groups in total. The Labute approximate surface area is 135 Å². The van der Waals surface area contributed by atoms with Crippen LogP contribution in [0, 0.1) is 6.92 Å². The predicted octanol–water partition coefficient (Wildman–Crippen LogP) is 5.31. The third-order valence-electron chi connectivity index (χ3n) is 3.24. The summed E-state index contributed by atoms with van der Waals surface area (Å²) in [5, 5.41) is 4.36. The van der Waals surface area contributed by atoms with Crippen LogP contribution >= 0.6 is 23.2 Å². The summed E-state index contributed by atoms with van der Waals surface area (Å²) in [4.78, 5) is 9.29. The first-order valence-electron chi connectivity index (χ1n) is 7.01. The molecule has 1 aromatic heterocycles. The monoisotopic (exact) mass is 323 g/mol. The van der Waals surface area contributed by atoms with Crippen LogP contribution in [0.2, 0.25) is 10.0 Å². The molecule has 0 atom stereocenters. The molecule has 5 heteroatoms. The molecule has 1 heterocycles. The van der Waals surface area contributed by atoms with Gasteiger partial charge in [0.15, 0.2) is 5.82 Å². The van der Waals surface area contributed by atoms with Crippen molar-refractivity contribution in [2.75, 3.05) is 11.9 Å². The highest BCUT2D eigenvalue weighted by molar-refractivity contribution is 6.42. The summed E-state index contributed by atoms with van der Waals surface area (Å²) in [5.74, 6) is 1.91. The third-order valence-corrected chi connectivity index (χ3v) is 3.97. The van der Waals surface area contributed by atoms with Gasteiger partial charge in [-0.25, -0.2) is 9.97 Å². The molecule has 0 radical (unpaired) electrons. The predicted molar refractivity (Wildman–Crippen MR) is 90.5 cm³/mol. The van der Waals surface area contributed by atoms with Crippen molar-refractivity contribution in [3.8, 4) is 11.4 Å². The van der Waals surface area contributed by atoms with Crippen LogP contribution in [0.1, 0.15) is 37.9 Å². The number of aryl methyl sites for hydroxylation is 1. The second kappa shape index (κ2) is 6.63. The Balaban J connectivity index is 2.57. The Morgan fingerprint density at radius 2 is 1.86 bits per heavy atom. The Morgan fingerprint density at radius 3 is 2.43 bits per heavy atom. The summed E-state index contributed by atoms with van der Waals surface area (Å²) < 4.78 is 0. The van der Waals surface area contributed by atoms with E-state index in [0.717, 1.165) is 29.2 Å². The fourth-order valence-electron chi connectivity index (χ4n) is 2.34. The van der Waals surface area contributed by atoms with Gasteiger partial charge in [-0.1, -0.05) is 37.0 Å². The van der Waals surface area contributed by atoms with Crippen LogP contribution in [0.15, 0.2) is 18.2 Å². The van der Waals surface area contributed by atoms with Gasteiger partial charge in [-0.05, 0) is 38.0 Å². The fourth-order valence-corrected chi connectivity index (χ4v) is 2.64. The standard InChI is InChI=1S/C16H19Cl2N3/c1-5-19-16-14(9(2)3)10(4)20-15(21-16)11-6-7-12(17)13(18)8-11/h6-9H,5H2,1-4H3,(H,19,20,21). The van der Waals surface area contributed by atoms with Crippen LogP contribution in [-0.2, 0) is 0 Å². The summed E-state index contributed by atoms with van der Waals surface area (Å²) in [7, 11) is 0. The van der Waals surface area contributed by atoms with Crippen molar-refractivity contribution < 1.29 is 0 Å². The van der Waals surface area contributed by atoms with E-state index in [9.17, 15) is 0 Å². The number of halogens is 2. The van der Waals surface area contributed by atoms with Crippen LogP contribution in [0.3, 0.4) is 0 Å². The van der Waals surface area contributed by atoms with Gasteiger partial charge in [-0.3, -0.25) is 0 Å². The van der Waals surface area contributed by atoms with E-state index in [0.29, 0.717) is 21.8 Å². The first-order valence-corrected chi connectivity index (χ1v) is 7.77. The van der Waals surface area contributed by atoms with Crippen molar-refractivity contribution in [3.63, 3.8) is 0 Å². The summed E-state index contributed by atoms with van der Waals surface area (Å²) in [6, 6.07) is 5.44. The summed E-state index contributed by atoms with van der Waals surface area (Å²) in [6.07, 6.45) is 0. The van der Waals surface area contributed by atoms with Crippen molar-refractivity contribution in [2.45, 2.75) is 33.6 Å². The average Bonchev–Trinajstić information content (AvgIpc) is 2.41. The molecule has 1 aromatic carbocycles. The zero-order chi connectivity index (χ0) is 15.6. The maximum atomic E-state index is 6.08. The third kappa shape index (κ3) is 3.47. The number of nitrogens with one attached hydrogen (secondary N) is 1. The van der Waals surface area contributed by atoms with E-state index in [1.54, 1.807) is 12.1 Å². The summed E-state index contributed by atoms with van der Waals surface area (Å²) in [5.41, 5.74) is 3.00. The fraction of sp³-hybridized carbons (Fsp3) is 0.375. The minimum atomic E-state index is 0.363. The highest BCUT2D eigenvalue weighted by Crippen LogP contribution is 2.30. The lowest BCUT2D eigenvalue weighted by Gasteiger charge is -2.16. The SMILES string of the molecule is CCNc1nc(-c2ccc(Cl)c(Cl)c2)nc(C)c1C(C)C. The number of anilines is 1. The van der Waals surface area contributed by atoms with Crippen molar-refractivity contribution in [3.05, 3.63) is 39.5 Å². The van der Waals surface area contributed by atoms with Crippen LogP contribution in [0.4, 0.5) is 5.82 Å². The molecule has 0 saturated carbocycles. The molecule has 21 heavy (non-hydrogen) atoms. The molecule has 0 aliphatic carbocycles. The van der Waals surface area contributed by atoms with E-state index in [1.807, 2.05) is 13.0 Å². The number of benzene rings is 1. The van der Waals surface area contributed by atoms with Gasteiger partial charge in [-0.2, -0.15) is 0 Å². The molecule has 0 fully saturated rings. The first-order chi connectivity index (χ1) is 9.93. The van der Waals surface area contributed by atoms with Crippen molar-refractivity contribution in [2.24, 2.45) is 0 Å². The molecule has 2 aromatic rings. The van der Waals surface area contributed by atoms with Gasteiger partial charge in [0.05, 0.1) is 10.0 Å². The number of rotatable bonds is 4. The minimum absolute atomic E-state index is 0.363. The lowest BCUT2D eigenvalue weighted by Crippen LogP contribution is -2.09. The number of hydrogen-bond acceptors (Lipinski definition) is 3. The largest absolute Gasteiger partial charge is 0.370 e. The second-order valence-electron chi connectivity index (χ2n) is 5.21. The summed E-state index contributed by atoms with van der Waals surface area (Å²) >= 11 is 12.0. The van der Waals surface area contributed by atoms with Crippen molar-refractivity contribution in [1.29, 1.82) is 0 Å². The van der Waals surface area contributed by atoms with Gasteiger partial charge in [-0.15, -0.1) is 0 Å². The smallest absolute Gasteiger partial charge is 0.161 e. The quantitative estimate of drug-likeness (QED) is 0.828. The van der Waals surface area contributed by atoms with Gasteiger partial charge in [0.2, 0.25) is 0 Å². The molecule has 3 nitrogen and oxygen atoms in total. The lowest BCUT2D eigenvalue weighted by molar-refractivity contribution is 0.831. The van der Waals surface area contributed by atoms with Crippen LogP contribution in [0.5, 0.6) is 0 Å². The molecule has 0 amide bonds. The molecule has 0 aliphatic heterocycles. The van der Waals surface area contributed by atoms with Gasteiger partial charge >= 0.3 is 0 Å². The molecular formula is C16H19Cl2N3. The Kier molecular flexibility index (Phi) is 5.07. The van der Waals surface area contributed by atoms with Gasteiger partial charge in [0.25, 0.3) is 0 Å². The summed E-state index contributed by atoms with van der Waals surface area (Å²) in [6.45, 7) is 9.17. The Bertz CT molecular complexity index is 654. The molecule has 0 unspecified atom stereocenters. The molecule has 0 aliphatic rings. The van der Waals surface area contributed by atoms with E-state index >= 15 is 0 Å². The van der Waals surface area contributed by atoms with Gasteiger partial charge < -0.3 is 5.32 Å². The van der Waals surface area contributed by atoms with Crippen molar-refractivity contribution >= 4 is 29.0 Å². The highest BCUT2D eigenvalue weighted by atomic mass is 35.5. The van der Waals surface area contributed by atoms with Crippen LogP contribution in [0.25, 0.3) is 11.4 Å². The molecular weight excluding hydrogens is 305 g/mol. The lowest BCUT2D eigenvalue weighted by atomic mass is 10.0. The first kappa shape index (κ1) is 16.1. The molecule has 2 rings (SSSR count). The Hall–Kier alpha value is -1.32. The topological polar surface area (TPSA) is 37.8 Å². The minimum Gasteiger partial charge on any atom is -0.370 e. The molecule has 0 spiro atoms. The highest BCUT2D eigenvalue weighted by Gasteiger charge is 2.15. The van der Waals surface area contributed by atoms with Crippen LogP contribution < -0.4 is 5.32 Å². The molecule has 0 saturated heterocycles. The van der Waals surface area contributed by atoms with E-state index in [1.165, 1.54) is 0 Å².